The van der Waals surface area contributed by atoms with Crippen molar-refractivity contribution in [3.8, 4) is 0 Å². The molecule has 0 aromatic carbocycles. The first-order valence-corrected chi connectivity index (χ1v) is 8.00. The Hall–Kier alpha value is -0.700. The van der Waals surface area contributed by atoms with Gasteiger partial charge in [0.2, 0.25) is 15.9 Å². The van der Waals surface area contributed by atoms with Crippen LogP contribution in [0.4, 0.5) is 0 Å². The van der Waals surface area contributed by atoms with Crippen LogP contribution in [0.3, 0.4) is 0 Å². The van der Waals surface area contributed by atoms with Crippen LogP contribution in [0.25, 0.3) is 0 Å². The molecule has 0 saturated carbocycles. The van der Waals surface area contributed by atoms with Crippen molar-refractivity contribution >= 4 is 22.4 Å². The van der Waals surface area contributed by atoms with E-state index in [9.17, 15) is 8.42 Å². The van der Waals surface area contributed by atoms with Crippen molar-refractivity contribution in [1.29, 1.82) is 0 Å². The fraction of sp³-hybridized carbons (Fsp3) is 0.818. The minimum Gasteiger partial charge on any atom is -0.338 e. The van der Waals surface area contributed by atoms with Crippen molar-refractivity contribution in [1.82, 2.24) is 19.8 Å². The third kappa shape index (κ3) is 5.35. The summed E-state index contributed by atoms with van der Waals surface area (Å²) >= 11 is 0. The molecule has 0 spiro atoms. The molecular weight excluding hydrogens is 304 g/mol. The zero-order chi connectivity index (χ0) is 14.5. The van der Waals surface area contributed by atoms with Crippen molar-refractivity contribution in [2.45, 2.75) is 39.0 Å². The predicted octanol–water partition coefficient (Wildman–Crippen LogP) is 0.813. The van der Waals surface area contributed by atoms with Gasteiger partial charge in [0.25, 0.3) is 0 Å². The summed E-state index contributed by atoms with van der Waals surface area (Å²) in [7, 11) is -1.53. The van der Waals surface area contributed by atoms with E-state index in [2.05, 4.69) is 15.5 Å². The van der Waals surface area contributed by atoms with E-state index < -0.39 is 10.0 Å². The molecule has 1 rings (SSSR count). The van der Waals surface area contributed by atoms with E-state index in [4.69, 9.17) is 4.52 Å². The maximum atomic E-state index is 12.0. The predicted molar refractivity (Wildman–Crippen MR) is 79.3 cm³/mol. The first kappa shape index (κ1) is 19.3. The molecule has 1 heterocycles. The molecule has 0 bridgehead atoms. The van der Waals surface area contributed by atoms with E-state index in [1.165, 1.54) is 4.31 Å². The molecule has 118 valence electrons. The summed E-state index contributed by atoms with van der Waals surface area (Å²) in [6, 6.07) is 0.213. The minimum atomic E-state index is -3.37. The van der Waals surface area contributed by atoms with Crippen molar-refractivity contribution in [3.05, 3.63) is 11.7 Å². The second kappa shape index (κ2) is 8.56. The molecule has 1 N–H and O–H groups in total. The lowest BCUT2D eigenvalue weighted by Crippen LogP contribution is -2.31. The van der Waals surface area contributed by atoms with Gasteiger partial charge in [-0.2, -0.15) is 4.98 Å². The number of sulfonamides is 1. The highest BCUT2D eigenvalue weighted by molar-refractivity contribution is 7.88. The minimum absolute atomic E-state index is 0. The smallest absolute Gasteiger partial charge is 0.243 e. The molecule has 1 unspecified atom stereocenters. The summed E-state index contributed by atoms with van der Waals surface area (Å²) in [6.45, 7) is 6.47. The average Bonchev–Trinajstić information content (AvgIpc) is 2.76. The van der Waals surface area contributed by atoms with E-state index in [1.54, 1.807) is 13.8 Å². The summed E-state index contributed by atoms with van der Waals surface area (Å²) < 4.78 is 30.4. The summed E-state index contributed by atoms with van der Waals surface area (Å²) in [4.78, 5) is 4.11. The van der Waals surface area contributed by atoms with E-state index >= 15 is 0 Å². The van der Waals surface area contributed by atoms with Crippen LogP contribution in [0.2, 0.25) is 0 Å². The second-order valence-corrected chi connectivity index (χ2v) is 6.31. The molecule has 0 saturated heterocycles. The third-order valence-corrected chi connectivity index (χ3v) is 4.81. The van der Waals surface area contributed by atoms with Crippen LogP contribution in [-0.2, 0) is 22.2 Å². The number of halogens is 1. The van der Waals surface area contributed by atoms with Gasteiger partial charge in [-0.3, -0.25) is 0 Å². The van der Waals surface area contributed by atoms with E-state index in [1.807, 2.05) is 14.0 Å². The Bertz CT molecular complexity index is 488. The van der Waals surface area contributed by atoms with Crippen LogP contribution in [-0.4, -0.2) is 49.0 Å². The monoisotopic (exact) mass is 326 g/mol. The summed E-state index contributed by atoms with van der Waals surface area (Å²) in [5, 5.41) is 6.85. The number of likely N-dealkylation sites (N-methyl/N-ethyl adjacent to an activating group) is 1. The maximum absolute atomic E-state index is 12.0. The van der Waals surface area contributed by atoms with Gasteiger partial charge >= 0.3 is 0 Å². The van der Waals surface area contributed by atoms with E-state index in [0.717, 1.165) is 0 Å². The molecule has 0 aliphatic rings. The summed E-state index contributed by atoms with van der Waals surface area (Å²) in [6.07, 6.45) is 0.602. The van der Waals surface area contributed by atoms with Crippen LogP contribution >= 0.6 is 12.4 Å². The molecule has 0 fully saturated rings. The molecule has 0 amide bonds. The third-order valence-electron chi connectivity index (χ3n) is 2.90. The van der Waals surface area contributed by atoms with Crippen LogP contribution in [0.5, 0.6) is 0 Å². The highest BCUT2D eigenvalue weighted by atomic mass is 35.5. The molecule has 1 aromatic heterocycles. The first-order valence-electron chi connectivity index (χ1n) is 6.39. The van der Waals surface area contributed by atoms with Crippen LogP contribution in [0, 0.1) is 0 Å². The van der Waals surface area contributed by atoms with Gasteiger partial charge in [-0.05, 0) is 14.0 Å². The van der Waals surface area contributed by atoms with Gasteiger partial charge < -0.3 is 9.84 Å². The molecule has 9 heteroatoms. The lowest BCUT2D eigenvalue weighted by Gasteiger charge is -2.16. The van der Waals surface area contributed by atoms with Crippen molar-refractivity contribution in [3.63, 3.8) is 0 Å². The van der Waals surface area contributed by atoms with Gasteiger partial charge in [-0.15, -0.1) is 12.4 Å². The molecule has 1 atom stereocenters. The Morgan fingerprint density at radius 1 is 1.35 bits per heavy atom. The van der Waals surface area contributed by atoms with Gasteiger partial charge in [-0.25, -0.2) is 12.7 Å². The second-order valence-electron chi connectivity index (χ2n) is 4.34. The highest BCUT2D eigenvalue weighted by Crippen LogP contribution is 2.09. The first-order chi connectivity index (χ1) is 8.92. The van der Waals surface area contributed by atoms with Gasteiger partial charge in [0.05, 0.1) is 0 Å². The molecule has 20 heavy (non-hydrogen) atoms. The van der Waals surface area contributed by atoms with Crippen molar-refractivity contribution in [2.75, 3.05) is 20.1 Å². The molecule has 0 radical (unpaired) electrons. The largest absolute Gasteiger partial charge is 0.338 e. The number of aromatic nitrogens is 2. The van der Waals surface area contributed by atoms with Crippen LogP contribution < -0.4 is 5.32 Å². The molecule has 0 aliphatic heterocycles. The zero-order valence-electron chi connectivity index (χ0n) is 12.3. The van der Waals surface area contributed by atoms with E-state index in [-0.39, 0.29) is 30.1 Å². The quantitative estimate of drug-likeness (QED) is 0.760. The Balaban J connectivity index is 0.00000361. The Morgan fingerprint density at radius 2 is 1.95 bits per heavy atom. The number of nitrogens with one attached hydrogen (secondary N) is 1. The lowest BCUT2D eigenvalue weighted by atomic mass is 10.2. The fourth-order valence-corrected chi connectivity index (χ4v) is 3.07. The number of nitrogens with zero attached hydrogens (tertiary/aromatic N) is 3. The Kier molecular flexibility index (Phi) is 8.26. The van der Waals surface area contributed by atoms with E-state index in [0.29, 0.717) is 25.3 Å². The van der Waals surface area contributed by atoms with Crippen molar-refractivity contribution in [2.24, 2.45) is 0 Å². The molecule has 1 aromatic rings. The van der Waals surface area contributed by atoms with Gasteiger partial charge in [0.1, 0.15) is 5.75 Å². The summed E-state index contributed by atoms with van der Waals surface area (Å²) in [5.74, 6) is 0.423. The normalized spacial score (nSPS) is 13.2. The average molecular weight is 327 g/mol. The number of hydrogen-bond acceptors (Lipinski definition) is 6. The Labute approximate surface area is 126 Å². The van der Waals surface area contributed by atoms with Crippen molar-refractivity contribution < 1.29 is 12.9 Å². The highest BCUT2D eigenvalue weighted by Gasteiger charge is 2.23. The topological polar surface area (TPSA) is 88.3 Å². The van der Waals surface area contributed by atoms with Gasteiger partial charge in [0.15, 0.2) is 5.82 Å². The maximum Gasteiger partial charge on any atom is 0.243 e. The van der Waals surface area contributed by atoms with Gasteiger partial charge in [0, 0.05) is 25.6 Å². The number of rotatable bonds is 8. The molecule has 0 aliphatic carbocycles. The molecule has 7 nitrogen and oxygen atoms in total. The standard InChI is InChI=1S/C11H22N4O3S.ClH/c1-5-15(6-2)19(16,17)8-11-13-10(14-18-11)7-9(3)12-4;/h9,12H,5-8H2,1-4H3;1H. The fourth-order valence-electron chi connectivity index (χ4n) is 1.67. The Morgan fingerprint density at radius 3 is 2.45 bits per heavy atom. The summed E-state index contributed by atoms with van der Waals surface area (Å²) in [5.41, 5.74) is 0. The van der Waals surface area contributed by atoms with Crippen LogP contribution in [0.1, 0.15) is 32.5 Å². The lowest BCUT2D eigenvalue weighted by molar-refractivity contribution is 0.375. The number of hydrogen-bond donors (Lipinski definition) is 1. The zero-order valence-corrected chi connectivity index (χ0v) is 13.9. The van der Waals surface area contributed by atoms with Crippen LogP contribution in [0.15, 0.2) is 4.52 Å². The molecular formula is C11H23ClN4O3S. The SMILES string of the molecule is CCN(CC)S(=O)(=O)Cc1nc(CC(C)NC)no1.Cl. The van der Waals surface area contributed by atoms with Gasteiger partial charge in [-0.1, -0.05) is 19.0 Å².